The number of thioether (sulfide) groups is 1. The number of hydrazone groups is 2. The summed E-state index contributed by atoms with van der Waals surface area (Å²) in [7, 11) is 0. The Bertz CT molecular complexity index is 275. The van der Waals surface area contributed by atoms with E-state index in [1.165, 1.54) is 0 Å². The summed E-state index contributed by atoms with van der Waals surface area (Å²) >= 11 is 1.90. The maximum absolute atomic E-state index is 5.48. The Morgan fingerprint density at radius 1 is 0.933 bits per heavy atom. The molecule has 1 saturated heterocycles. The van der Waals surface area contributed by atoms with E-state index in [1.807, 2.05) is 11.8 Å². The maximum atomic E-state index is 5.48. The average Bonchev–Trinajstić information content (AvgIpc) is 2.19. The second-order valence-electron chi connectivity index (χ2n) is 5.22. The quantitative estimate of drug-likeness (QED) is 0.486. The highest BCUT2D eigenvalue weighted by molar-refractivity contribution is 7.99. The molecule has 86 valence electrons. The van der Waals surface area contributed by atoms with Gasteiger partial charge in [-0.1, -0.05) is 27.7 Å². The zero-order valence-corrected chi connectivity index (χ0v) is 10.7. The molecule has 1 fully saturated rings. The zero-order chi connectivity index (χ0) is 11.7. The highest BCUT2D eigenvalue weighted by Crippen LogP contribution is 2.36. The van der Waals surface area contributed by atoms with E-state index in [0.29, 0.717) is 0 Å². The molecular formula is C10H20N4S. The standard InChI is InChI=1S/C10H20N4S/c1-9(2)5-15-6-10(3,4)8(14-12)7(9)13-11/h5-6,11-12H2,1-4H3/b13-7+,14-8+. The Kier molecular flexibility index (Phi) is 3.33. The molecule has 0 aromatic carbocycles. The minimum absolute atomic E-state index is 0.0641. The molecule has 0 aromatic heterocycles. The number of hydrogen-bond acceptors (Lipinski definition) is 5. The number of nitrogens with two attached hydrogens (primary N) is 2. The molecule has 1 aliphatic heterocycles. The van der Waals surface area contributed by atoms with Gasteiger partial charge in [0.05, 0.1) is 11.4 Å². The SMILES string of the molecule is CC1(C)CSCC(C)(C)C(=N/N)/C1=N\N. The predicted octanol–water partition coefficient (Wildman–Crippen LogP) is 1.42. The fraction of sp³-hybridized carbons (Fsp3) is 0.800. The first kappa shape index (κ1) is 12.4. The molecule has 1 aliphatic rings. The van der Waals surface area contributed by atoms with Gasteiger partial charge in [0.25, 0.3) is 0 Å². The van der Waals surface area contributed by atoms with Crippen LogP contribution in [0.4, 0.5) is 0 Å². The van der Waals surface area contributed by atoms with E-state index in [0.717, 1.165) is 22.9 Å². The van der Waals surface area contributed by atoms with Gasteiger partial charge in [-0.25, -0.2) is 0 Å². The molecule has 0 saturated carbocycles. The van der Waals surface area contributed by atoms with Crippen molar-refractivity contribution in [2.45, 2.75) is 27.7 Å². The van der Waals surface area contributed by atoms with E-state index < -0.39 is 0 Å². The van der Waals surface area contributed by atoms with Crippen LogP contribution < -0.4 is 11.7 Å². The predicted molar refractivity (Wildman–Crippen MR) is 68.1 cm³/mol. The van der Waals surface area contributed by atoms with Crippen LogP contribution in [0.3, 0.4) is 0 Å². The second kappa shape index (κ2) is 4.04. The fourth-order valence-corrected chi connectivity index (χ4v) is 3.21. The third kappa shape index (κ3) is 2.27. The normalized spacial score (nSPS) is 30.4. The first-order chi connectivity index (χ1) is 6.85. The fourth-order valence-electron chi connectivity index (χ4n) is 1.81. The van der Waals surface area contributed by atoms with Gasteiger partial charge in [0.1, 0.15) is 0 Å². The molecule has 0 spiro atoms. The van der Waals surface area contributed by atoms with Gasteiger partial charge in [-0.3, -0.25) is 0 Å². The van der Waals surface area contributed by atoms with Crippen LogP contribution in [0, 0.1) is 10.8 Å². The molecule has 0 bridgehead atoms. The molecule has 15 heavy (non-hydrogen) atoms. The molecule has 0 unspecified atom stereocenters. The Labute approximate surface area is 95.6 Å². The van der Waals surface area contributed by atoms with Crippen molar-refractivity contribution in [3.8, 4) is 0 Å². The van der Waals surface area contributed by atoms with Gasteiger partial charge in [-0.2, -0.15) is 22.0 Å². The lowest BCUT2D eigenvalue weighted by atomic mass is 9.77. The van der Waals surface area contributed by atoms with Crippen molar-refractivity contribution in [1.29, 1.82) is 0 Å². The van der Waals surface area contributed by atoms with Crippen LogP contribution in [-0.2, 0) is 0 Å². The minimum Gasteiger partial charge on any atom is -0.323 e. The smallest absolute Gasteiger partial charge is 0.0902 e. The van der Waals surface area contributed by atoms with Gasteiger partial charge in [0.15, 0.2) is 0 Å². The molecule has 0 amide bonds. The van der Waals surface area contributed by atoms with Crippen LogP contribution >= 0.6 is 11.8 Å². The van der Waals surface area contributed by atoms with Crippen molar-refractivity contribution in [2.24, 2.45) is 32.7 Å². The largest absolute Gasteiger partial charge is 0.323 e. The molecule has 0 atom stereocenters. The van der Waals surface area contributed by atoms with E-state index in [1.54, 1.807) is 0 Å². The number of rotatable bonds is 0. The summed E-state index contributed by atoms with van der Waals surface area (Å²) < 4.78 is 0. The Morgan fingerprint density at radius 3 is 1.53 bits per heavy atom. The van der Waals surface area contributed by atoms with E-state index >= 15 is 0 Å². The first-order valence-electron chi connectivity index (χ1n) is 5.00. The molecule has 0 aliphatic carbocycles. The number of nitrogens with zero attached hydrogens (tertiary/aromatic N) is 2. The summed E-state index contributed by atoms with van der Waals surface area (Å²) in [6, 6.07) is 0. The van der Waals surface area contributed by atoms with Gasteiger partial charge in [-0.05, 0) is 0 Å². The highest BCUT2D eigenvalue weighted by Gasteiger charge is 2.40. The van der Waals surface area contributed by atoms with Crippen molar-refractivity contribution in [3.63, 3.8) is 0 Å². The summed E-state index contributed by atoms with van der Waals surface area (Å²) in [5.41, 5.74) is 1.54. The Hall–Kier alpha value is -0.710. The van der Waals surface area contributed by atoms with Gasteiger partial charge in [0.2, 0.25) is 0 Å². The van der Waals surface area contributed by atoms with Crippen molar-refractivity contribution >= 4 is 23.2 Å². The van der Waals surface area contributed by atoms with E-state index in [2.05, 4.69) is 37.9 Å². The third-order valence-electron chi connectivity index (χ3n) is 2.69. The lowest BCUT2D eigenvalue weighted by Gasteiger charge is -2.27. The van der Waals surface area contributed by atoms with Crippen molar-refractivity contribution < 1.29 is 0 Å². The third-order valence-corrected chi connectivity index (χ3v) is 4.54. The molecule has 0 radical (unpaired) electrons. The summed E-state index contributed by atoms with van der Waals surface area (Å²) in [5.74, 6) is 12.9. The van der Waals surface area contributed by atoms with Gasteiger partial charge < -0.3 is 11.7 Å². The molecule has 1 heterocycles. The lowest BCUT2D eigenvalue weighted by Crippen LogP contribution is -2.40. The summed E-state index contributed by atoms with van der Waals surface area (Å²) in [4.78, 5) is 0. The highest BCUT2D eigenvalue weighted by atomic mass is 32.2. The first-order valence-corrected chi connectivity index (χ1v) is 6.15. The number of hydrogen-bond donors (Lipinski definition) is 2. The Morgan fingerprint density at radius 2 is 1.27 bits per heavy atom. The summed E-state index contributed by atoms with van der Waals surface area (Å²) in [6.45, 7) is 8.49. The molecular weight excluding hydrogens is 208 g/mol. The van der Waals surface area contributed by atoms with Crippen molar-refractivity contribution in [2.75, 3.05) is 11.5 Å². The summed E-state index contributed by atoms with van der Waals surface area (Å²) in [6.07, 6.45) is 0. The van der Waals surface area contributed by atoms with Gasteiger partial charge in [0, 0.05) is 22.3 Å². The van der Waals surface area contributed by atoms with Crippen molar-refractivity contribution in [3.05, 3.63) is 0 Å². The molecule has 5 heteroatoms. The minimum atomic E-state index is -0.0641. The van der Waals surface area contributed by atoms with Crippen LogP contribution in [0.25, 0.3) is 0 Å². The lowest BCUT2D eigenvalue weighted by molar-refractivity contribution is 0.593. The molecule has 4 N–H and O–H groups in total. The maximum Gasteiger partial charge on any atom is 0.0902 e. The summed E-state index contributed by atoms with van der Waals surface area (Å²) in [5, 5.41) is 7.80. The van der Waals surface area contributed by atoms with E-state index in [-0.39, 0.29) is 10.8 Å². The van der Waals surface area contributed by atoms with E-state index in [4.69, 9.17) is 11.7 Å². The van der Waals surface area contributed by atoms with Gasteiger partial charge >= 0.3 is 0 Å². The zero-order valence-electron chi connectivity index (χ0n) is 9.87. The van der Waals surface area contributed by atoms with Crippen LogP contribution in [-0.4, -0.2) is 22.9 Å². The van der Waals surface area contributed by atoms with E-state index in [9.17, 15) is 0 Å². The van der Waals surface area contributed by atoms with Crippen molar-refractivity contribution in [1.82, 2.24) is 0 Å². The van der Waals surface area contributed by atoms with Gasteiger partial charge in [-0.15, -0.1) is 0 Å². The average molecular weight is 228 g/mol. The molecule has 1 rings (SSSR count). The second-order valence-corrected chi connectivity index (χ2v) is 6.20. The Balaban J connectivity index is 3.24. The van der Waals surface area contributed by atoms with Crippen LogP contribution in [0.5, 0.6) is 0 Å². The monoisotopic (exact) mass is 228 g/mol. The topological polar surface area (TPSA) is 76.8 Å². The van der Waals surface area contributed by atoms with Crippen LogP contribution in [0.15, 0.2) is 10.2 Å². The van der Waals surface area contributed by atoms with Crippen LogP contribution in [0.1, 0.15) is 27.7 Å². The molecule has 0 aromatic rings. The van der Waals surface area contributed by atoms with Crippen LogP contribution in [0.2, 0.25) is 0 Å². The molecule has 4 nitrogen and oxygen atoms in total.